The van der Waals surface area contributed by atoms with Gasteiger partial charge in [-0.15, -0.1) is 0 Å². The molecule has 0 saturated carbocycles. The predicted octanol–water partition coefficient (Wildman–Crippen LogP) is 5.84. The molecular weight excluding hydrogens is 254 g/mol. The third-order valence-electron chi connectivity index (χ3n) is 4.14. The van der Waals surface area contributed by atoms with Crippen molar-refractivity contribution in [2.24, 2.45) is 5.41 Å². The predicted molar refractivity (Wildman–Crippen MR) is 95.4 cm³/mol. The second kappa shape index (κ2) is 6.09. The molecule has 0 atom stereocenters. The van der Waals surface area contributed by atoms with Gasteiger partial charge in [-0.05, 0) is 34.8 Å². The van der Waals surface area contributed by atoms with Crippen LogP contribution < -0.4 is 4.90 Å². The van der Waals surface area contributed by atoms with E-state index in [0.717, 1.165) is 6.54 Å². The van der Waals surface area contributed by atoms with E-state index in [9.17, 15) is 0 Å². The fraction of sp³-hybridized carbons (Fsp3) is 0.500. The molecule has 0 fully saturated rings. The van der Waals surface area contributed by atoms with Gasteiger partial charge in [0.25, 0.3) is 0 Å². The number of fused-ring (bicyclic) bond motifs is 1. The summed E-state index contributed by atoms with van der Waals surface area (Å²) in [5.74, 6) is 0.560. The van der Waals surface area contributed by atoms with Crippen LogP contribution in [0.3, 0.4) is 0 Å². The third-order valence-corrected chi connectivity index (χ3v) is 4.14. The summed E-state index contributed by atoms with van der Waals surface area (Å²) in [6.07, 6.45) is 1.20. The van der Waals surface area contributed by atoms with Crippen molar-refractivity contribution in [1.82, 2.24) is 0 Å². The summed E-state index contributed by atoms with van der Waals surface area (Å²) in [4.78, 5) is 2.42. The van der Waals surface area contributed by atoms with Crippen molar-refractivity contribution < 1.29 is 0 Å². The highest BCUT2D eigenvalue weighted by molar-refractivity contribution is 5.95. The van der Waals surface area contributed by atoms with E-state index in [-0.39, 0.29) is 0 Å². The van der Waals surface area contributed by atoms with Gasteiger partial charge in [0.1, 0.15) is 0 Å². The van der Waals surface area contributed by atoms with Crippen molar-refractivity contribution in [2.75, 3.05) is 18.5 Å². The molecule has 0 spiro atoms. The Labute approximate surface area is 130 Å². The van der Waals surface area contributed by atoms with Crippen molar-refractivity contribution in [3.63, 3.8) is 0 Å². The number of hydrogen-bond acceptors (Lipinski definition) is 1. The van der Waals surface area contributed by atoms with E-state index >= 15 is 0 Å². The maximum absolute atomic E-state index is 2.42. The van der Waals surface area contributed by atoms with E-state index in [0.29, 0.717) is 11.3 Å². The highest BCUT2D eigenvalue weighted by atomic mass is 15.1. The number of benzene rings is 2. The van der Waals surface area contributed by atoms with E-state index in [4.69, 9.17) is 0 Å². The van der Waals surface area contributed by atoms with Crippen LogP contribution >= 0.6 is 0 Å². The maximum Gasteiger partial charge on any atom is 0.0446 e. The molecule has 0 amide bonds. The van der Waals surface area contributed by atoms with Gasteiger partial charge in [0.05, 0.1) is 0 Å². The lowest BCUT2D eigenvalue weighted by Crippen LogP contribution is -2.23. The fourth-order valence-corrected chi connectivity index (χ4v) is 2.59. The molecule has 0 heterocycles. The lowest BCUT2D eigenvalue weighted by atomic mass is 9.92. The largest absolute Gasteiger partial charge is 0.374 e. The number of nitrogens with zero attached hydrogens (tertiary/aromatic N) is 1. The summed E-state index contributed by atoms with van der Waals surface area (Å²) in [7, 11) is 2.22. The van der Waals surface area contributed by atoms with Gasteiger partial charge < -0.3 is 4.90 Å². The topological polar surface area (TPSA) is 3.24 Å². The van der Waals surface area contributed by atoms with Crippen molar-refractivity contribution in [3.05, 3.63) is 42.0 Å². The molecule has 0 aliphatic rings. The zero-order valence-electron chi connectivity index (χ0n) is 14.4. The van der Waals surface area contributed by atoms with Crippen LogP contribution in [-0.2, 0) is 0 Å². The highest BCUT2D eigenvalue weighted by Crippen LogP contribution is 2.32. The summed E-state index contributed by atoms with van der Waals surface area (Å²) in [5.41, 5.74) is 3.16. The van der Waals surface area contributed by atoms with Crippen LogP contribution in [0.5, 0.6) is 0 Å². The van der Waals surface area contributed by atoms with Gasteiger partial charge in [-0.3, -0.25) is 0 Å². The molecule has 2 aromatic carbocycles. The normalized spacial score (nSPS) is 12.1. The Morgan fingerprint density at radius 1 is 1.05 bits per heavy atom. The Hall–Kier alpha value is -1.50. The summed E-state index contributed by atoms with van der Waals surface area (Å²) in [6, 6.07) is 13.4. The van der Waals surface area contributed by atoms with Gasteiger partial charge in [0.2, 0.25) is 0 Å². The van der Waals surface area contributed by atoms with Crippen LogP contribution in [0.4, 0.5) is 5.69 Å². The summed E-state index contributed by atoms with van der Waals surface area (Å²) in [6.45, 7) is 12.6. The van der Waals surface area contributed by atoms with Gasteiger partial charge in [0.15, 0.2) is 0 Å². The summed E-state index contributed by atoms with van der Waals surface area (Å²) in [5, 5.41) is 2.71. The molecule has 0 aliphatic carbocycles. The number of rotatable bonds is 4. The average Bonchev–Trinajstić information content (AvgIpc) is 2.42. The molecule has 0 aromatic heterocycles. The van der Waals surface area contributed by atoms with Crippen molar-refractivity contribution in [2.45, 2.75) is 47.0 Å². The van der Waals surface area contributed by atoms with Gasteiger partial charge in [-0.25, -0.2) is 0 Å². The van der Waals surface area contributed by atoms with Gasteiger partial charge in [-0.1, -0.05) is 65.0 Å². The van der Waals surface area contributed by atoms with E-state index in [1.165, 1.54) is 28.4 Å². The minimum atomic E-state index is 0.375. The van der Waals surface area contributed by atoms with E-state index < -0.39 is 0 Å². The Kier molecular flexibility index (Phi) is 4.61. The van der Waals surface area contributed by atoms with Crippen LogP contribution in [0, 0.1) is 5.41 Å². The van der Waals surface area contributed by atoms with E-state index in [1.807, 2.05) is 0 Å². The Bertz CT molecular complexity index is 605. The first-order valence-electron chi connectivity index (χ1n) is 8.02. The zero-order chi connectivity index (χ0) is 15.6. The van der Waals surface area contributed by atoms with Crippen molar-refractivity contribution >= 4 is 16.5 Å². The zero-order valence-corrected chi connectivity index (χ0v) is 14.4. The first-order valence-corrected chi connectivity index (χ1v) is 8.02. The molecule has 114 valence electrons. The van der Waals surface area contributed by atoms with Gasteiger partial charge in [-0.2, -0.15) is 0 Å². The quantitative estimate of drug-likeness (QED) is 0.681. The Morgan fingerprint density at radius 2 is 1.71 bits per heavy atom. The first kappa shape index (κ1) is 15.9. The van der Waals surface area contributed by atoms with Crippen LogP contribution in [-0.4, -0.2) is 13.6 Å². The van der Waals surface area contributed by atoms with Crippen molar-refractivity contribution in [3.8, 4) is 0 Å². The lowest BCUT2D eigenvalue weighted by molar-refractivity contribution is 0.382. The maximum atomic E-state index is 2.42. The highest BCUT2D eigenvalue weighted by Gasteiger charge is 2.14. The Morgan fingerprint density at radius 3 is 2.33 bits per heavy atom. The molecule has 0 radical (unpaired) electrons. The smallest absolute Gasteiger partial charge is 0.0446 e. The molecule has 1 nitrogen and oxygen atoms in total. The summed E-state index contributed by atoms with van der Waals surface area (Å²) < 4.78 is 0. The Balaban J connectivity index is 2.41. The summed E-state index contributed by atoms with van der Waals surface area (Å²) >= 11 is 0. The van der Waals surface area contributed by atoms with Gasteiger partial charge >= 0.3 is 0 Å². The van der Waals surface area contributed by atoms with Crippen LogP contribution in [0.25, 0.3) is 10.8 Å². The molecular formula is C20H29N. The second-order valence-corrected chi connectivity index (χ2v) is 7.65. The van der Waals surface area contributed by atoms with E-state index in [1.54, 1.807) is 0 Å². The van der Waals surface area contributed by atoms with Crippen molar-refractivity contribution in [1.29, 1.82) is 0 Å². The molecule has 2 aromatic rings. The minimum Gasteiger partial charge on any atom is -0.374 e. The molecule has 1 heteroatoms. The molecule has 0 aliphatic heterocycles. The minimum absolute atomic E-state index is 0.375. The molecule has 2 rings (SSSR count). The molecule has 0 saturated heterocycles. The SMILES string of the molecule is CC(C)c1cc(N(C)CCC(C)(C)C)c2ccccc2c1. The number of hydrogen-bond donors (Lipinski definition) is 0. The third kappa shape index (κ3) is 4.00. The fourth-order valence-electron chi connectivity index (χ4n) is 2.59. The van der Waals surface area contributed by atoms with Gasteiger partial charge in [0, 0.05) is 24.7 Å². The molecule has 0 N–H and O–H groups in total. The van der Waals surface area contributed by atoms with Crippen LogP contribution in [0.2, 0.25) is 0 Å². The van der Waals surface area contributed by atoms with Crippen LogP contribution in [0.1, 0.15) is 52.5 Å². The standard InChI is InChI=1S/C20H29N/c1-15(2)17-13-16-9-7-8-10-18(16)19(14-17)21(6)12-11-20(3,4)5/h7-10,13-15H,11-12H2,1-6H3. The molecule has 0 bridgehead atoms. The number of anilines is 1. The van der Waals surface area contributed by atoms with Crippen LogP contribution in [0.15, 0.2) is 36.4 Å². The molecule has 0 unspecified atom stereocenters. The first-order chi connectivity index (χ1) is 9.78. The van der Waals surface area contributed by atoms with E-state index in [2.05, 4.69) is 83.0 Å². The monoisotopic (exact) mass is 283 g/mol. The lowest BCUT2D eigenvalue weighted by Gasteiger charge is -2.27. The molecule has 21 heavy (non-hydrogen) atoms. The second-order valence-electron chi connectivity index (χ2n) is 7.65. The average molecular weight is 283 g/mol.